The Labute approximate surface area is 112 Å². The van der Waals surface area contributed by atoms with Crippen molar-refractivity contribution < 1.29 is 0 Å². The predicted molar refractivity (Wildman–Crippen MR) is 77.6 cm³/mol. The standard InChI is InChI=1S/C15H16N4/c1-19-11-16-14-8-7-12(9-15(14)19)10-17-18-13-5-3-2-4-6-13/h2-9,11,17-18H,10H2,1H3. The molecule has 4 nitrogen and oxygen atoms in total. The average molecular weight is 252 g/mol. The van der Waals surface area contributed by atoms with E-state index < -0.39 is 0 Å². The van der Waals surface area contributed by atoms with Gasteiger partial charge in [-0.3, -0.25) is 0 Å². The number of nitrogens with zero attached hydrogens (tertiary/aromatic N) is 2. The van der Waals surface area contributed by atoms with Gasteiger partial charge in [0.25, 0.3) is 0 Å². The monoisotopic (exact) mass is 252 g/mol. The molecule has 0 saturated heterocycles. The molecule has 2 aromatic carbocycles. The number of rotatable bonds is 4. The lowest BCUT2D eigenvalue weighted by molar-refractivity contribution is 0.801. The third kappa shape index (κ3) is 2.58. The summed E-state index contributed by atoms with van der Waals surface area (Å²) in [4.78, 5) is 4.31. The van der Waals surface area contributed by atoms with E-state index in [1.54, 1.807) is 0 Å². The Kier molecular flexibility index (Phi) is 3.16. The van der Waals surface area contributed by atoms with Crippen molar-refractivity contribution in [2.45, 2.75) is 6.54 Å². The van der Waals surface area contributed by atoms with Gasteiger partial charge in [-0.1, -0.05) is 24.3 Å². The maximum absolute atomic E-state index is 4.31. The lowest BCUT2D eigenvalue weighted by atomic mass is 10.2. The van der Waals surface area contributed by atoms with Gasteiger partial charge in [0.15, 0.2) is 0 Å². The Morgan fingerprint density at radius 1 is 1.11 bits per heavy atom. The van der Waals surface area contributed by atoms with Gasteiger partial charge in [-0.2, -0.15) is 0 Å². The fourth-order valence-electron chi connectivity index (χ4n) is 2.05. The van der Waals surface area contributed by atoms with Crippen LogP contribution in [0.2, 0.25) is 0 Å². The molecular formula is C15H16N4. The molecule has 0 spiro atoms. The molecule has 1 heterocycles. The summed E-state index contributed by atoms with van der Waals surface area (Å²) in [5.74, 6) is 0. The number of para-hydroxylation sites is 1. The molecule has 3 rings (SSSR count). The summed E-state index contributed by atoms with van der Waals surface area (Å²) < 4.78 is 2.03. The Morgan fingerprint density at radius 2 is 1.95 bits per heavy atom. The summed E-state index contributed by atoms with van der Waals surface area (Å²) in [6, 6.07) is 16.4. The molecule has 0 radical (unpaired) electrons. The molecule has 1 aromatic heterocycles. The zero-order valence-corrected chi connectivity index (χ0v) is 10.8. The lowest BCUT2D eigenvalue weighted by Crippen LogP contribution is -2.20. The second-order valence-electron chi connectivity index (χ2n) is 4.52. The Bertz CT molecular complexity index is 673. The summed E-state index contributed by atoms with van der Waals surface area (Å²) in [6.07, 6.45) is 1.84. The fraction of sp³-hybridized carbons (Fsp3) is 0.133. The highest BCUT2D eigenvalue weighted by atomic mass is 15.3. The second-order valence-corrected chi connectivity index (χ2v) is 4.52. The highest BCUT2D eigenvalue weighted by molar-refractivity contribution is 5.75. The molecule has 0 aliphatic heterocycles. The van der Waals surface area contributed by atoms with E-state index in [9.17, 15) is 0 Å². The van der Waals surface area contributed by atoms with E-state index in [2.05, 4.69) is 34.0 Å². The van der Waals surface area contributed by atoms with Crippen LogP contribution < -0.4 is 10.9 Å². The smallest absolute Gasteiger partial charge is 0.0955 e. The molecule has 3 aromatic rings. The third-order valence-electron chi connectivity index (χ3n) is 3.09. The number of hydrogen-bond donors (Lipinski definition) is 2. The molecule has 0 saturated carbocycles. The average Bonchev–Trinajstić information content (AvgIpc) is 2.82. The van der Waals surface area contributed by atoms with E-state index in [4.69, 9.17) is 0 Å². The van der Waals surface area contributed by atoms with Gasteiger partial charge in [0.2, 0.25) is 0 Å². The number of aromatic nitrogens is 2. The van der Waals surface area contributed by atoms with Crippen LogP contribution in [0.25, 0.3) is 11.0 Å². The van der Waals surface area contributed by atoms with Crippen molar-refractivity contribution in [3.05, 3.63) is 60.4 Å². The third-order valence-corrected chi connectivity index (χ3v) is 3.09. The van der Waals surface area contributed by atoms with Gasteiger partial charge < -0.3 is 9.99 Å². The zero-order valence-electron chi connectivity index (χ0n) is 10.8. The first-order valence-electron chi connectivity index (χ1n) is 6.27. The van der Waals surface area contributed by atoms with Crippen LogP contribution in [0.4, 0.5) is 5.69 Å². The van der Waals surface area contributed by atoms with Crippen LogP contribution in [0.5, 0.6) is 0 Å². The van der Waals surface area contributed by atoms with E-state index >= 15 is 0 Å². The van der Waals surface area contributed by atoms with Crippen LogP contribution in [0, 0.1) is 0 Å². The number of fused-ring (bicyclic) bond motifs is 1. The van der Waals surface area contributed by atoms with Gasteiger partial charge in [0.1, 0.15) is 0 Å². The molecule has 2 N–H and O–H groups in total. The highest BCUT2D eigenvalue weighted by Crippen LogP contribution is 2.13. The number of hydrogen-bond acceptors (Lipinski definition) is 3. The van der Waals surface area contributed by atoms with E-state index in [0.29, 0.717) is 0 Å². The second kappa shape index (κ2) is 5.12. The van der Waals surface area contributed by atoms with Gasteiger partial charge in [-0.05, 0) is 29.8 Å². The molecule has 19 heavy (non-hydrogen) atoms. The molecule has 0 aliphatic carbocycles. The van der Waals surface area contributed by atoms with E-state index in [1.165, 1.54) is 5.56 Å². The number of hydrazine groups is 1. The van der Waals surface area contributed by atoms with Crippen LogP contribution in [0.3, 0.4) is 0 Å². The minimum atomic E-state index is 0.760. The molecule has 0 atom stereocenters. The summed E-state index contributed by atoms with van der Waals surface area (Å²) >= 11 is 0. The first kappa shape index (κ1) is 11.7. The molecule has 0 aliphatic rings. The van der Waals surface area contributed by atoms with Gasteiger partial charge in [-0.25, -0.2) is 10.4 Å². The minimum absolute atomic E-state index is 0.760. The molecule has 0 bridgehead atoms. The maximum Gasteiger partial charge on any atom is 0.0955 e. The van der Waals surface area contributed by atoms with Crippen molar-refractivity contribution in [1.29, 1.82) is 0 Å². The van der Waals surface area contributed by atoms with Crippen molar-refractivity contribution >= 4 is 16.7 Å². The number of aryl methyl sites for hydroxylation is 1. The van der Waals surface area contributed by atoms with Crippen molar-refractivity contribution in [3.63, 3.8) is 0 Å². The SMILES string of the molecule is Cn1cnc2ccc(CNNc3ccccc3)cc21. The summed E-state index contributed by atoms with van der Waals surface area (Å²) in [7, 11) is 2.01. The molecule has 96 valence electrons. The normalized spacial score (nSPS) is 10.8. The van der Waals surface area contributed by atoms with Crippen LogP contribution in [-0.2, 0) is 13.6 Å². The quantitative estimate of drug-likeness (QED) is 0.701. The van der Waals surface area contributed by atoms with Gasteiger partial charge in [0, 0.05) is 19.3 Å². The van der Waals surface area contributed by atoms with Crippen molar-refractivity contribution in [2.24, 2.45) is 7.05 Å². The van der Waals surface area contributed by atoms with Crippen LogP contribution >= 0.6 is 0 Å². The number of benzene rings is 2. The first-order valence-corrected chi connectivity index (χ1v) is 6.27. The Morgan fingerprint density at radius 3 is 2.79 bits per heavy atom. The van der Waals surface area contributed by atoms with Crippen LogP contribution in [0.15, 0.2) is 54.9 Å². The fourth-order valence-corrected chi connectivity index (χ4v) is 2.05. The zero-order chi connectivity index (χ0) is 13.1. The van der Waals surface area contributed by atoms with Crippen molar-refractivity contribution in [3.8, 4) is 0 Å². The number of nitrogens with one attached hydrogen (secondary N) is 2. The molecule has 0 unspecified atom stereocenters. The Balaban J connectivity index is 1.67. The molecule has 4 heteroatoms. The van der Waals surface area contributed by atoms with Crippen LogP contribution in [-0.4, -0.2) is 9.55 Å². The molecular weight excluding hydrogens is 236 g/mol. The van der Waals surface area contributed by atoms with Crippen molar-refractivity contribution in [2.75, 3.05) is 5.43 Å². The topological polar surface area (TPSA) is 41.9 Å². The Hall–Kier alpha value is -2.33. The summed E-state index contributed by atoms with van der Waals surface area (Å²) in [6.45, 7) is 0.760. The highest BCUT2D eigenvalue weighted by Gasteiger charge is 2.00. The largest absolute Gasteiger partial charge is 0.334 e. The maximum atomic E-state index is 4.31. The minimum Gasteiger partial charge on any atom is -0.334 e. The van der Waals surface area contributed by atoms with Gasteiger partial charge in [0.05, 0.1) is 17.4 Å². The number of imidazole rings is 1. The first-order chi connectivity index (χ1) is 9.33. The predicted octanol–water partition coefficient (Wildman–Crippen LogP) is 2.69. The number of anilines is 1. The van der Waals surface area contributed by atoms with Gasteiger partial charge >= 0.3 is 0 Å². The van der Waals surface area contributed by atoms with Crippen LogP contribution in [0.1, 0.15) is 5.56 Å². The lowest BCUT2D eigenvalue weighted by Gasteiger charge is -2.08. The van der Waals surface area contributed by atoms with E-state index in [-0.39, 0.29) is 0 Å². The summed E-state index contributed by atoms with van der Waals surface area (Å²) in [5.41, 5.74) is 10.9. The van der Waals surface area contributed by atoms with Gasteiger partial charge in [-0.15, -0.1) is 0 Å². The molecule has 0 fully saturated rings. The molecule has 0 amide bonds. The summed E-state index contributed by atoms with van der Waals surface area (Å²) in [5, 5.41) is 0. The van der Waals surface area contributed by atoms with Crippen molar-refractivity contribution in [1.82, 2.24) is 15.0 Å². The van der Waals surface area contributed by atoms with E-state index in [0.717, 1.165) is 23.3 Å². The van der Waals surface area contributed by atoms with E-state index in [1.807, 2.05) is 48.3 Å².